The maximum absolute atomic E-state index is 2.34. The summed E-state index contributed by atoms with van der Waals surface area (Å²) in [5.74, 6) is 2.43. The first-order valence-corrected chi connectivity index (χ1v) is 19.2. The Balaban J connectivity index is 1.69. The van der Waals surface area contributed by atoms with Crippen molar-refractivity contribution in [1.82, 2.24) is 0 Å². The summed E-state index contributed by atoms with van der Waals surface area (Å²) in [5, 5.41) is 8.37. The van der Waals surface area contributed by atoms with E-state index in [1.165, 1.54) is 88.2 Å². The van der Waals surface area contributed by atoms with Gasteiger partial charge in [0.2, 0.25) is 0 Å². The fourth-order valence-electron chi connectivity index (χ4n) is 4.45. The molecule has 0 fully saturated rings. The van der Waals surface area contributed by atoms with E-state index < -0.39 is 0 Å². The zero-order chi connectivity index (χ0) is 23.8. The van der Waals surface area contributed by atoms with E-state index in [0.29, 0.717) is 0 Å². The lowest BCUT2D eigenvalue weighted by molar-refractivity contribution is 0.787. The summed E-state index contributed by atoms with van der Waals surface area (Å²) in [6.45, 7) is 0. The summed E-state index contributed by atoms with van der Waals surface area (Å²) < 4.78 is 8.83. The molecule has 0 saturated carbocycles. The van der Waals surface area contributed by atoms with Crippen LogP contribution < -0.4 is 10.4 Å². The second kappa shape index (κ2) is 11.5. The Morgan fingerprint density at radius 3 is 1.29 bits per heavy atom. The number of fused-ring (bicyclic) bond motifs is 7. The van der Waals surface area contributed by atoms with Gasteiger partial charge in [-0.1, -0.05) is 102 Å². The molecule has 6 rings (SSSR count). The van der Waals surface area contributed by atoms with Crippen LogP contribution in [-0.2, 0) is 0 Å². The van der Waals surface area contributed by atoms with Gasteiger partial charge < -0.3 is 0 Å². The van der Waals surface area contributed by atoms with Gasteiger partial charge in [0.25, 0.3) is 0 Å². The highest BCUT2D eigenvalue weighted by Gasteiger charge is 2.26. The molecule has 180 valence electrons. The molecule has 3 aliphatic rings. The topological polar surface area (TPSA) is 0 Å². The van der Waals surface area contributed by atoms with Crippen LogP contribution in [0.15, 0.2) is 65.5 Å². The Labute approximate surface area is 241 Å². The van der Waals surface area contributed by atoms with Crippen LogP contribution in [0.25, 0.3) is 30.0 Å². The smallest absolute Gasteiger partial charge is 0.0660 e. The lowest BCUT2D eigenvalue weighted by Gasteiger charge is -2.11. The molecule has 0 nitrogen and oxygen atoms in total. The Morgan fingerprint density at radius 1 is 0.514 bits per heavy atom. The van der Waals surface area contributed by atoms with Crippen molar-refractivity contribution in [2.24, 2.45) is 0 Å². The first kappa shape index (κ1) is 25.5. The van der Waals surface area contributed by atoms with Crippen molar-refractivity contribution >= 4 is 124 Å². The van der Waals surface area contributed by atoms with Crippen LogP contribution in [0.4, 0.5) is 0 Å². The number of rotatable bonds is 2. The molecular weight excluding hydrogens is 581 g/mol. The molecule has 3 heterocycles. The second-order valence-electron chi connectivity index (χ2n) is 8.14. The highest BCUT2D eigenvalue weighted by Crippen LogP contribution is 2.59. The lowest BCUT2D eigenvalue weighted by Crippen LogP contribution is -2.16. The zero-order valence-electron chi connectivity index (χ0n) is 19.4. The fourth-order valence-corrected chi connectivity index (χ4v) is 15.7. The van der Waals surface area contributed by atoms with Crippen LogP contribution in [0.1, 0.15) is 19.3 Å². The van der Waals surface area contributed by atoms with Gasteiger partial charge in [-0.25, -0.2) is 0 Å². The number of hydrogen-bond acceptors (Lipinski definition) is 8. The third-order valence-electron chi connectivity index (χ3n) is 6.04. The summed E-state index contributed by atoms with van der Waals surface area (Å²) in [5.41, 5.74) is 0. The van der Waals surface area contributed by atoms with E-state index in [1.54, 1.807) is 0 Å². The van der Waals surface area contributed by atoms with Crippen molar-refractivity contribution in [3.8, 4) is 0 Å². The summed E-state index contributed by atoms with van der Waals surface area (Å²) in [6.07, 6.45) is 8.37. The molecule has 3 aromatic carbocycles. The normalized spacial score (nSPS) is 19.5. The van der Waals surface area contributed by atoms with Crippen molar-refractivity contribution < 1.29 is 0 Å². The number of thioether (sulfide) groups is 8. The first-order valence-electron chi connectivity index (χ1n) is 11.5. The van der Waals surface area contributed by atoms with Crippen LogP contribution in [0.3, 0.4) is 0 Å². The Kier molecular flexibility index (Phi) is 8.39. The quantitative estimate of drug-likeness (QED) is 0.262. The second-order valence-corrected chi connectivity index (χ2v) is 17.6. The molecule has 0 atom stereocenters. The zero-order valence-corrected chi connectivity index (χ0v) is 26.0. The first-order chi connectivity index (χ1) is 17.3. The molecule has 0 radical (unpaired) electrons. The molecule has 3 aliphatic heterocycles. The monoisotopic (exact) mass is 604 g/mol. The Morgan fingerprint density at radius 2 is 0.914 bits per heavy atom. The van der Waals surface area contributed by atoms with E-state index in [-0.39, 0.29) is 0 Å². The minimum Gasteiger partial charge on any atom is -0.121 e. The van der Waals surface area contributed by atoms with E-state index in [9.17, 15) is 0 Å². The molecule has 0 amide bonds. The van der Waals surface area contributed by atoms with Gasteiger partial charge in [-0.2, -0.15) is 0 Å². The van der Waals surface area contributed by atoms with Crippen LogP contribution in [0.5, 0.6) is 0 Å². The summed E-state index contributed by atoms with van der Waals surface area (Å²) in [7, 11) is 0. The van der Waals surface area contributed by atoms with Gasteiger partial charge in [-0.15, -0.1) is 47.0 Å². The predicted octanol–water partition coefficient (Wildman–Crippen LogP) is 9.71. The maximum Gasteiger partial charge on any atom is 0.0660 e. The molecule has 0 spiro atoms. The minimum atomic E-state index is 1.21. The third kappa shape index (κ3) is 5.00. The molecule has 0 aromatic heterocycles. The van der Waals surface area contributed by atoms with Gasteiger partial charge in [0, 0.05) is 10.4 Å². The van der Waals surface area contributed by atoms with E-state index in [0.717, 1.165) is 0 Å². The van der Waals surface area contributed by atoms with Gasteiger partial charge in [0.1, 0.15) is 0 Å². The van der Waals surface area contributed by atoms with Crippen molar-refractivity contribution in [3.05, 3.63) is 75.9 Å². The molecule has 3 aromatic rings. The van der Waals surface area contributed by atoms with E-state index in [4.69, 9.17) is 0 Å². The predicted molar refractivity (Wildman–Crippen MR) is 178 cm³/mol. The lowest BCUT2D eigenvalue weighted by atomic mass is 9.99. The average Bonchev–Trinajstić information content (AvgIpc) is 3.49. The highest BCUT2D eigenvalue weighted by atomic mass is 32.3. The van der Waals surface area contributed by atoms with E-state index in [1.807, 2.05) is 70.6 Å². The van der Waals surface area contributed by atoms with Crippen LogP contribution in [-0.4, -0.2) is 24.0 Å². The van der Waals surface area contributed by atoms with Crippen molar-refractivity contribution in [3.63, 3.8) is 0 Å². The summed E-state index contributed by atoms with van der Waals surface area (Å²) >= 11 is 16.0. The summed E-state index contributed by atoms with van der Waals surface area (Å²) in [6, 6.07) is 18.2. The maximum atomic E-state index is 2.34. The standard InChI is InChI=1S/C27H24S8/c1-28-24-26-30-14-8-3-9-15-31-27-25(29-2)33-23(35-27)21-18-12-6-4-10-16(18)20(22(32-24)34-26)17-11-5-7-13-19(17)21/h4-7,10-13H,3,8-9,14-15H2,1-2H3. The van der Waals surface area contributed by atoms with Crippen LogP contribution in [0.2, 0.25) is 0 Å². The molecule has 8 heteroatoms. The molecule has 0 aliphatic carbocycles. The van der Waals surface area contributed by atoms with Gasteiger partial charge >= 0.3 is 0 Å². The highest BCUT2D eigenvalue weighted by molar-refractivity contribution is 8.46. The largest absolute Gasteiger partial charge is 0.121 e. The molecule has 0 saturated heterocycles. The SMILES string of the molecule is CSC1=C2SCCCCCSC3=C(SC)SC(=c4c5ccccc5c(c5ccccc45)=C(S1)S2)S3. The summed E-state index contributed by atoms with van der Waals surface area (Å²) in [4.78, 5) is 0. The molecule has 0 N–H and O–H groups in total. The third-order valence-corrected chi connectivity index (χ3v) is 17.0. The van der Waals surface area contributed by atoms with E-state index >= 15 is 0 Å². The van der Waals surface area contributed by atoms with Crippen LogP contribution in [0, 0.1) is 0 Å². The molecule has 35 heavy (non-hydrogen) atoms. The minimum absolute atomic E-state index is 1.21. The van der Waals surface area contributed by atoms with Gasteiger partial charge in [-0.05, 0) is 58.4 Å². The molecule has 6 bridgehead atoms. The van der Waals surface area contributed by atoms with E-state index in [2.05, 4.69) is 84.6 Å². The number of benzene rings is 3. The Bertz CT molecular complexity index is 1330. The van der Waals surface area contributed by atoms with Crippen molar-refractivity contribution in [1.29, 1.82) is 0 Å². The van der Waals surface area contributed by atoms with Gasteiger partial charge in [-0.3, -0.25) is 0 Å². The van der Waals surface area contributed by atoms with Crippen LogP contribution >= 0.6 is 94.1 Å². The van der Waals surface area contributed by atoms with Gasteiger partial charge in [0.05, 0.1) is 25.4 Å². The molecular formula is C27H24S8. The van der Waals surface area contributed by atoms with Crippen molar-refractivity contribution in [2.45, 2.75) is 19.3 Å². The Hall–Kier alpha value is 0.200. The molecule has 0 unspecified atom stereocenters. The van der Waals surface area contributed by atoms with Gasteiger partial charge in [0.15, 0.2) is 0 Å². The van der Waals surface area contributed by atoms with Crippen molar-refractivity contribution in [2.75, 3.05) is 24.0 Å². The fraction of sp³-hybridized carbons (Fsp3) is 0.259. The number of hydrogen-bond donors (Lipinski definition) is 0. The average molecular weight is 605 g/mol.